The number of ether oxygens (including phenoxy) is 4. The summed E-state index contributed by atoms with van der Waals surface area (Å²) >= 11 is 2.80. The number of carbonyl (C=O) groups excluding carboxylic acids is 2. The van der Waals surface area contributed by atoms with Crippen LogP contribution in [0.25, 0.3) is 0 Å². The van der Waals surface area contributed by atoms with Crippen LogP contribution in [0.1, 0.15) is 90.1 Å². The summed E-state index contributed by atoms with van der Waals surface area (Å²) in [7, 11) is -1.17. The minimum Gasteiger partial charge on any atom is -0.456 e. The van der Waals surface area contributed by atoms with Gasteiger partial charge >= 0.3 is 31.4 Å². The predicted molar refractivity (Wildman–Crippen MR) is 204 cm³/mol. The first-order valence-electron chi connectivity index (χ1n) is 17.4. The minimum absolute atomic E-state index is 0.136. The van der Waals surface area contributed by atoms with E-state index in [2.05, 4.69) is 15.9 Å². The van der Waals surface area contributed by atoms with Crippen LogP contribution < -0.4 is 9.47 Å². The molecule has 0 fully saturated rings. The van der Waals surface area contributed by atoms with Gasteiger partial charge in [0.2, 0.25) is 0 Å². The quantitative estimate of drug-likeness (QED) is 0.112. The number of hydrogen-bond acceptors (Lipinski definition) is 8. The standard InChI is InChI=1S/C20H19F5O3.C19H16BrF5O3.CH5BO2/c1-10-12(20(23,24)25)6-8-15(16(10)18(26)28-19(3,4)5)27-14-9-7-13(21)17(22)11(14)2;1-9-12(8-6-11(21)16(9)22)27-13-7-5-10(19(23,24)25)15(20)14(13)17(26)28-18(2,3)4;1-2(3)4/h6-9H,1-5H3;5-8H,1-4H3;3-4H,1H3. The third-order valence-electron chi connectivity index (χ3n) is 7.37. The van der Waals surface area contributed by atoms with Gasteiger partial charge in [0.1, 0.15) is 45.3 Å². The van der Waals surface area contributed by atoms with Gasteiger partial charge in [0.05, 0.1) is 11.1 Å². The lowest BCUT2D eigenvalue weighted by Gasteiger charge is -2.23. The van der Waals surface area contributed by atoms with Crippen molar-refractivity contribution in [1.82, 2.24) is 0 Å². The van der Waals surface area contributed by atoms with Crippen LogP contribution in [-0.4, -0.2) is 40.3 Å². The minimum atomic E-state index is -4.74. The number of alkyl halides is 6. The molecule has 0 unspecified atom stereocenters. The molecule has 0 heterocycles. The van der Waals surface area contributed by atoms with Gasteiger partial charge < -0.3 is 29.0 Å². The Hall–Kier alpha value is -4.82. The lowest BCUT2D eigenvalue weighted by Crippen LogP contribution is -2.25. The summed E-state index contributed by atoms with van der Waals surface area (Å²) in [5.41, 5.74) is -5.82. The van der Waals surface area contributed by atoms with Crippen molar-refractivity contribution in [3.63, 3.8) is 0 Å². The van der Waals surface area contributed by atoms with E-state index in [1.165, 1.54) is 20.7 Å². The molecule has 0 atom stereocenters. The summed E-state index contributed by atoms with van der Waals surface area (Å²) in [6, 6.07) is 7.21. The van der Waals surface area contributed by atoms with Crippen LogP contribution in [0, 0.1) is 44.0 Å². The van der Waals surface area contributed by atoms with Crippen molar-refractivity contribution in [2.45, 2.75) is 92.7 Å². The van der Waals surface area contributed by atoms with E-state index in [9.17, 15) is 53.5 Å². The third-order valence-corrected chi connectivity index (χ3v) is 8.19. The highest BCUT2D eigenvalue weighted by Gasteiger charge is 2.38. The molecule has 0 aliphatic rings. The van der Waals surface area contributed by atoms with E-state index < -0.39 is 92.6 Å². The van der Waals surface area contributed by atoms with Gasteiger partial charge in [-0.15, -0.1) is 0 Å². The van der Waals surface area contributed by atoms with Gasteiger partial charge in [0.25, 0.3) is 0 Å². The summed E-state index contributed by atoms with van der Waals surface area (Å²) in [4.78, 5) is 25.1. The number of esters is 2. The Bertz CT molecular complexity index is 2040. The van der Waals surface area contributed by atoms with Crippen LogP contribution in [0.3, 0.4) is 0 Å². The van der Waals surface area contributed by atoms with E-state index in [0.717, 1.165) is 49.4 Å². The second-order valence-electron chi connectivity index (χ2n) is 14.7. The average Bonchev–Trinajstić information content (AvgIpc) is 3.06. The van der Waals surface area contributed by atoms with Crippen LogP contribution in [0.4, 0.5) is 43.9 Å². The van der Waals surface area contributed by atoms with E-state index in [-0.39, 0.29) is 39.7 Å². The predicted octanol–water partition coefficient (Wildman–Crippen LogP) is 12.2. The fraction of sp³-hybridized carbons (Fsp3) is 0.350. The largest absolute Gasteiger partial charge is 0.456 e. The SMILES string of the molecule is CB(O)O.Cc1c(Oc2ccc(C(F)(F)F)c(Br)c2C(=O)OC(C)(C)C)ccc(F)c1F.Cc1c(Oc2ccc(C(F)(F)F)c(C)c2C(=O)OC(C)(C)C)ccc(F)c1F. The Labute approximate surface area is 347 Å². The molecule has 4 aromatic rings. The van der Waals surface area contributed by atoms with E-state index in [4.69, 9.17) is 29.0 Å². The Morgan fingerprint density at radius 1 is 0.550 bits per heavy atom. The molecule has 4 rings (SSSR count). The van der Waals surface area contributed by atoms with Gasteiger partial charge in [-0.1, -0.05) is 0 Å². The molecule has 8 nitrogen and oxygen atoms in total. The monoisotopic (exact) mass is 928 g/mol. The molecule has 60 heavy (non-hydrogen) atoms. The van der Waals surface area contributed by atoms with Crippen molar-refractivity contribution in [3.05, 3.63) is 115 Å². The Balaban J connectivity index is 0.000000379. The molecule has 0 aliphatic heterocycles. The molecule has 0 amide bonds. The number of benzene rings is 4. The summed E-state index contributed by atoms with van der Waals surface area (Å²) in [5.74, 6) is -7.46. The molecule has 0 bridgehead atoms. The maximum absolute atomic E-state index is 13.8. The van der Waals surface area contributed by atoms with Crippen molar-refractivity contribution in [3.8, 4) is 23.0 Å². The zero-order valence-electron chi connectivity index (χ0n) is 33.7. The molecule has 20 heteroatoms. The van der Waals surface area contributed by atoms with Crippen molar-refractivity contribution in [2.75, 3.05) is 0 Å². The molecular formula is C40H40BBrF10O8. The third kappa shape index (κ3) is 14.1. The first-order chi connectivity index (χ1) is 27.2. The molecule has 328 valence electrons. The molecule has 2 N–H and O–H groups in total. The number of hydrogen-bond donors (Lipinski definition) is 2. The van der Waals surface area contributed by atoms with Gasteiger partial charge in [-0.25, -0.2) is 27.2 Å². The van der Waals surface area contributed by atoms with Gasteiger partial charge in [0.15, 0.2) is 23.3 Å². The first-order valence-corrected chi connectivity index (χ1v) is 18.1. The molecule has 0 aromatic heterocycles. The molecule has 0 radical (unpaired) electrons. The van der Waals surface area contributed by atoms with Gasteiger partial charge in [-0.05, 0) is 139 Å². The van der Waals surface area contributed by atoms with Crippen LogP contribution in [0.5, 0.6) is 23.0 Å². The molecule has 0 saturated heterocycles. The van der Waals surface area contributed by atoms with Crippen molar-refractivity contribution >= 4 is 35.0 Å². The highest BCUT2D eigenvalue weighted by Crippen LogP contribution is 2.43. The highest BCUT2D eigenvalue weighted by molar-refractivity contribution is 9.10. The average molecular weight is 929 g/mol. The molecule has 0 spiro atoms. The number of carbonyl (C=O) groups is 2. The van der Waals surface area contributed by atoms with E-state index in [0.29, 0.717) is 6.07 Å². The summed E-state index contributed by atoms with van der Waals surface area (Å²) < 4.78 is 154. The van der Waals surface area contributed by atoms with E-state index in [1.807, 2.05) is 0 Å². The Kier molecular flexibility index (Phi) is 16.9. The van der Waals surface area contributed by atoms with Crippen molar-refractivity contribution in [2.24, 2.45) is 0 Å². The normalized spacial score (nSPS) is 11.7. The van der Waals surface area contributed by atoms with Crippen molar-refractivity contribution in [1.29, 1.82) is 0 Å². The van der Waals surface area contributed by atoms with Crippen LogP contribution in [0.15, 0.2) is 53.0 Å². The lowest BCUT2D eigenvalue weighted by molar-refractivity contribution is -0.139. The topological polar surface area (TPSA) is 112 Å². The zero-order valence-corrected chi connectivity index (χ0v) is 35.3. The highest BCUT2D eigenvalue weighted by atomic mass is 79.9. The first kappa shape index (κ1) is 51.3. The maximum atomic E-state index is 13.8. The van der Waals surface area contributed by atoms with Crippen LogP contribution >= 0.6 is 15.9 Å². The lowest BCUT2D eigenvalue weighted by atomic mass is 9.99. The maximum Gasteiger partial charge on any atom is 0.448 e. The molecule has 0 aliphatic carbocycles. The Morgan fingerprint density at radius 2 is 0.867 bits per heavy atom. The van der Waals surface area contributed by atoms with Crippen molar-refractivity contribution < 1.29 is 82.5 Å². The summed E-state index contributed by atoms with van der Waals surface area (Å²) in [5, 5.41) is 15.2. The van der Waals surface area contributed by atoms with Gasteiger partial charge in [-0.3, -0.25) is 0 Å². The second kappa shape index (κ2) is 19.7. The summed E-state index contributed by atoms with van der Waals surface area (Å²) in [6.45, 7) is 14.2. The van der Waals surface area contributed by atoms with Gasteiger partial charge in [0, 0.05) is 15.6 Å². The zero-order chi connectivity index (χ0) is 46.5. The molecular weight excluding hydrogens is 889 g/mol. The molecule has 0 saturated carbocycles. The fourth-order valence-corrected chi connectivity index (χ4v) is 5.48. The smallest absolute Gasteiger partial charge is 0.448 e. The number of halogens is 11. The van der Waals surface area contributed by atoms with E-state index >= 15 is 0 Å². The summed E-state index contributed by atoms with van der Waals surface area (Å²) in [6.07, 6.45) is -9.44. The Morgan fingerprint density at radius 3 is 1.22 bits per heavy atom. The number of rotatable bonds is 6. The van der Waals surface area contributed by atoms with Crippen LogP contribution in [0.2, 0.25) is 6.82 Å². The second-order valence-corrected chi connectivity index (χ2v) is 15.5. The van der Waals surface area contributed by atoms with E-state index in [1.54, 1.807) is 41.5 Å². The molecule has 4 aromatic carbocycles. The van der Waals surface area contributed by atoms with Crippen LogP contribution in [-0.2, 0) is 21.8 Å². The fourth-order valence-electron chi connectivity index (χ4n) is 4.77. The van der Waals surface area contributed by atoms with Gasteiger partial charge in [-0.2, -0.15) is 26.3 Å².